The maximum absolute atomic E-state index is 12.4. The number of Topliss-reactive ketones (excluding diaryl/α,β-unsaturated/α-hetero) is 2. The smallest absolute Gasteiger partial charge is 0.185 e. The van der Waals surface area contributed by atoms with E-state index in [1.54, 1.807) is 6.20 Å². The Bertz CT molecular complexity index is 678. The fraction of sp³-hybridized carbons (Fsp3) is 0.467. The van der Waals surface area contributed by atoms with E-state index in [1.165, 1.54) is 6.20 Å². The first-order chi connectivity index (χ1) is 9.21. The first-order valence-corrected chi connectivity index (χ1v) is 6.65. The van der Waals surface area contributed by atoms with Gasteiger partial charge in [0.1, 0.15) is 11.2 Å². The number of nitrogens with zero attached hydrogens (tertiary/aromatic N) is 2. The molecule has 0 aliphatic rings. The van der Waals surface area contributed by atoms with Gasteiger partial charge in [-0.1, -0.05) is 34.6 Å². The summed E-state index contributed by atoms with van der Waals surface area (Å²) in [6, 6.07) is 0. The van der Waals surface area contributed by atoms with Crippen LogP contribution in [0, 0.1) is 11.3 Å². The molecule has 2 rings (SSSR count). The van der Waals surface area contributed by atoms with Gasteiger partial charge in [-0.3, -0.25) is 9.59 Å². The highest BCUT2D eigenvalue weighted by atomic mass is 16.1. The number of rotatable bonds is 3. The first kappa shape index (κ1) is 14.4. The maximum Gasteiger partial charge on any atom is 0.185 e. The molecule has 0 aromatic carbocycles. The lowest BCUT2D eigenvalue weighted by Gasteiger charge is -2.15. The van der Waals surface area contributed by atoms with Gasteiger partial charge in [-0.2, -0.15) is 0 Å². The standard InChI is InChI=1S/C15H19N3O2/c1-8(2)12(19)10-7-17-14-11(18-10)9(6-16-14)13(20)15(3,4)5/h6-8H,1-5H3,(H,16,17). The van der Waals surface area contributed by atoms with Crippen molar-refractivity contribution < 1.29 is 9.59 Å². The fourth-order valence-electron chi connectivity index (χ4n) is 1.88. The molecular weight excluding hydrogens is 254 g/mol. The summed E-state index contributed by atoms with van der Waals surface area (Å²) in [6.45, 7) is 9.18. The number of carbonyl (C=O) groups excluding carboxylic acids is 2. The van der Waals surface area contributed by atoms with Gasteiger partial charge >= 0.3 is 0 Å². The van der Waals surface area contributed by atoms with E-state index in [9.17, 15) is 9.59 Å². The summed E-state index contributed by atoms with van der Waals surface area (Å²) in [4.78, 5) is 35.8. The number of aromatic amines is 1. The molecule has 0 aliphatic carbocycles. The van der Waals surface area contributed by atoms with Crippen molar-refractivity contribution in [3.63, 3.8) is 0 Å². The van der Waals surface area contributed by atoms with E-state index in [0.717, 1.165) is 0 Å². The summed E-state index contributed by atoms with van der Waals surface area (Å²) in [7, 11) is 0. The number of ketones is 2. The summed E-state index contributed by atoms with van der Waals surface area (Å²) in [6.07, 6.45) is 3.06. The van der Waals surface area contributed by atoms with Crippen molar-refractivity contribution in [2.24, 2.45) is 11.3 Å². The summed E-state index contributed by atoms with van der Waals surface area (Å²) < 4.78 is 0. The van der Waals surface area contributed by atoms with Gasteiger partial charge < -0.3 is 4.98 Å². The van der Waals surface area contributed by atoms with Crippen LogP contribution in [0.1, 0.15) is 55.5 Å². The molecule has 5 heteroatoms. The number of nitrogens with one attached hydrogen (secondary N) is 1. The Balaban J connectivity index is 2.57. The molecule has 2 aromatic heterocycles. The average molecular weight is 273 g/mol. The van der Waals surface area contributed by atoms with Gasteiger partial charge in [0, 0.05) is 17.5 Å². The lowest BCUT2D eigenvalue weighted by atomic mass is 9.87. The third kappa shape index (κ3) is 2.48. The molecule has 0 spiro atoms. The van der Waals surface area contributed by atoms with Crippen molar-refractivity contribution in [3.05, 3.63) is 23.7 Å². The third-order valence-corrected chi connectivity index (χ3v) is 3.08. The zero-order valence-corrected chi connectivity index (χ0v) is 12.4. The number of aromatic nitrogens is 3. The van der Waals surface area contributed by atoms with Gasteiger partial charge in [-0.25, -0.2) is 9.97 Å². The summed E-state index contributed by atoms with van der Waals surface area (Å²) >= 11 is 0. The minimum Gasteiger partial charge on any atom is -0.344 e. The van der Waals surface area contributed by atoms with Crippen LogP contribution in [0.2, 0.25) is 0 Å². The molecular formula is C15H19N3O2. The molecule has 0 amide bonds. The van der Waals surface area contributed by atoms with Crippen LogP contribution in [0.5, 0.6) is 0 Å². The van der Waals surface area contributed by atoms with Gasteiger partial charge in [-0.15, -0.1) is 0 Å². The van der Waals surface area contributed by atoms with Gasteiger partial charge in [0.15, 0.2) is 17.2 Å². The monoisotopic (exact) mass is 273 g/mol. The van der Waals surface area contributed by atoms with Gasteiger partial charge in [0.25, 0.3) is 0 Å². The highest BCUT2D eigenvalue weighted by Crippen LogP contribution is 2.25. The summed E-state index contributed by atoms with van der Waals surface area (Å²) in [5.74, 6) is -0.246. The van der Waals surface area contributed by atoms with Crippen molar-refractivity contribution in [1.29, 1.82) is 0 Å². The molecule has 0 radical (unpaired) electrons. The SMILES string of the molecule is CC(C)C(=O)c1cnc2[nH]cc(C(=O)C(C)(C)C)c2n1. The largest absolute Gasteiger partial charge is 0.344 e. The van der Waals surface area contributed by atoms with E-state index in [4.69, 9.17) is 0 Å². The molecule has 106 valence electrons. The van der Waals surface area contributed by atoms with Crippen molar-refractivity contribution in [2.45, 2.75) is 34.6 Å². The molecule has 1 N–H and O–H groups in total. The summed E-state index contributed by atoms with van der Waals surface area (Å²) in [5, 5.41) is 0. The molecule has 2 aromatic rings. The highest BCUT2D eigenvalue weighted by Gasteiger charge is 2.26. The van der Waals surface area contributed by atoms with Crippen molar-refractivity contribution in [3.8, 4) is 0 Å². The summed E-state index contributed by atoms with van der Waals surface area (Å²) in [5.41, 5.74) is 1.28. The van der Waals surface area contributed by atoms with Gasteiger partial charge in [0.2, 0.25) is 0 Å². The number of hydrogen-bond acceptors (Lipinski definition) is 4. The van der Waals surface area contributed by atoms with E-state index in [-0.39, 0.29) is 17.5 Å². The predicted octanol–water partition coefficient (Wildman–Crippen LogP) is 3.03. The van der Waals surface area contributed by atoms with E-state index in [1.807, 2.05) is 34.6 Å². The van der Waals surface area contributed by atoms with E-state index >= 15 is 0 Å². The Morgan fingerprint density at radius 2 is 1.90 bits per heavy atom. The molecule has 20 heavy (non-hydrogen) atoms. The molecule has 0 saturated carbocycles. The molecule has 0 atom stereocenters. The minimum atomic E-state index is -0.505. The molecule has 2 heterocycles. The van der Waals surface area contributed by atoms with Gasteiger partial charge in [0.05, 0.1) is 11.8 Å². The van der Waals surface area contributed by atoms with E-state index in [2.05, 4.69) is 15.0 Å². The molecule has 0 fully saturated rings. The topological polar surface area (TPSA) is 75.7 Å². The van der Waals surface area contributed by atoms with Crippen LogP contribution in [0.3, 0.4) is 0 Å². The zero-order chi connectivity index (χ0) is 15.1. The lowest BCUT2D eigenvalue weighted by molar-refractivity contribution is 0.0859. The number of hydrogen-bond donors (Lipinski definition) is 1. The highest BCUT2D eigenvalue weighted by molar-refractivity contribution is 6.09. The normalized spacial score (nSPS) is 12.1. The van der Waals surface area contributed by atoms with Gasteiger partial charge in [-0.05, 0) is 0 Å². The van der Waals surface area contributed by atoms with Crippen molar-refractivity contribution >= 4 is 22.7 Å². The Morgan fingerprint density at radius 1 is 1.25 bits per heavy atom. The van der Waals surface area contributed by atoms with Crippen LogP contribution in [-0.2, 0) is 0 Å². The van der Waals surface area contributed by atoms with Crippen molar-refractivity contribution in [1.82, 2.24) is 15.0 Å². The number of fused-ring (bicyclic) bond motifs is 1. The van der Waals surface area contributed by atoms with Crippen LogP contribution < -0.4 is 0 Å². The lowest BCUT2D eigenvalue weighted by Crippen LogP contribution is -2.20. The quantitative estimate of drug-likeness (QED) is 0.872. The molecule has 0 unspecified atom stereocenters. The Morgan fingerprint density at radius 3 is 2.45 bits per heavy atom. The molecule has 5 nitrogen and oxygen atoms in total. The second kappa shape index (κ2) is 4.81. The second-order valence-corrected chi connectivity index (χ2v) is 6.25. The third-order valence-electron chi connectivity index (χ3n) is 3.08. The second-order valence-electron chi connectivity index (χ2n) is 6.25. The van der Waals surface area contributed by atoms with Crippen LogP contribution in [0.15, 0.2) is 12.4 Å². The maximum atomic E-state index is 12.4. The molecule has 0 saturated heterocycles. The predicted molar refractivity (Wildman–Crippen MR) is 76.8 cm³/mol. The number of carbonyl (C=O) groups is 2. The van der Waals surface area contributed by atoms with Crippen molar-refractivity contribution in [2.75, 3.05) is 0 Å². The fourth-order valence-corrected chi connectivity index (χ4v) is 1.88. The Hall–Kier alpha value is -2.04. The van der Waals surface area contributed by atoms with Crippen LogP contribution in [-0.4, -0.2) is 26.5 Å². The zero-order valence-electron chi connectivity index (χ0n) is 12.4. The molecule has 0 aliphatic heterocycles. The van der Waals surface area contributed by atoms with Crippen LogP contribution in [0.4, 0.5) is 0 Å². The van der Waals surface area contributed by atoms with E-state index in [0.29, 0.717) is 22.4 Å². The number of H-pyrrole nitrogens is 1. The minimum absolute atomic E-state index is 0.0211. The average Bonchev–Trinajstić information content (AvgIpc) is 2.78. The molecule has 0 bridgehead atoms. The first-order valence-electron chi connectivity index (χ1n) is 6.65. The van der Waals surface area contributed by atoms with E-state index < -0.39 is 5.41 Å². The van der Waals surface area contributed by atoms with Crippen LogP contribution in [0.25, 0.3) is 11.2 Å². The Kier molecular flexibility index (Phi) is 3.46. The van der Waals surface area contributed by atoms with Crippen LogP contribution >= 0.6 is 0 Å². The Labute approximate surface area is 117 Å².